The summed E-state index contributed by atoms with van der Waals surface area (Å²) in [5, 5.41) is 12.2. The number of rotatable bonds is 5. The zero-order chi connectivity index (χ0) is 13.0. The van der Waals surface area contributed by atoms with Crippen LogP contribution in [0.2, 0.25) is 0 Å². The number of piperazine rings is 1. The third-order valence-electron chi connectivity index (χ3n) is 4.62. The number of nitriles is 1. The first-order chi connectivity index (χ1) is 8.67. The molecule has 0 amide bonds. The van der Waals surface area contributed by atoms with E-state index in [9.17, 15) is 0 Å². The number of fused-ring (bicyclic) bond motifs is 1. The van der Waals surface area contributed by atoms with Gasteiger partial charge in [-0.2, -0.15) is 5.26 Å². The molecule has 0 aliphatic carbocycles. The summed E-state index contributed by atoms with van der Waals surface area (Å²) in [6.07, 6.45) is 4.80. The van der Waals surface area contributed by atoms with Crippen LogP contribution in [0.25, 0.3) is 0 Å². The first kappa shape index (κ1) is 13.8. The minimum atomic E-state index is -0.352. The van der Waals surface area contributed by atoms with Crippen LogP contribution < -0.4 is 5.32 Å². The van der Waals surface area contributed by atoms with Crippen molar-refractivity contribution in [2.45, 2.75) is 44.2 Å². The minimum absolute atomic E-state index is 0.352. The lowest BCUT2D eigenvalue weighted by molar-refractivity contribution is 0.102. The fourth-order valence-electron chi connectivity index (χ4n) is 3.15. The first-order valence-electron chi connectivity index (χ1n) is 7.23. The van der Waals surface area contributed by atoms with E-state index in [2.05, 4.69) is 21.2 Å². The van der Waals surface area contributed by atoms with Crippen molar-refractivity contribution in [3.05, 3.63) is 0 Å². The van der Waals surface area contributed by atoms with Gasteiger partial charge in [0.1, 0.15) is 5.54 Å². The normalized spacial score (nSPS) is 28.6. The highest BCUT2D eigenvalue weighted by Gasteiger charge is 2.30. The molecule has 0 spiro atoms. The number of nitrogens with one attached hydrogen (secondary N) is 1. The van der Waals surface area contributed by atoms with Gasteiger partial charge < -0.3 is 10.2 Å². The van der Waals surface area contributed by atoms with E-state index in [1.54, 1.807) is 0 Å². The van der Waals surface area contributed by atoms with Crippen molar-refractivity contribution < 1.29 is 0 Å². The van der Waals surface area contributed by atoms with Crippen molar-refractivity contribution in [2.24, 2.45) is 0 Å². The predicted molar refractivity (Wildman–Crippen MR) is 73.3 cm³/mol. The number of hydrogen-bond acceptors (Lipinski definition) is 4. The van der Waals surface area contributed by atoms with E-state index in [4.69, 9.17) is 5.26 Å². The van der Waals surface area contributed by atoms with Crippen LogP contribution in [0.5, 0.6) is 0 Å². The summed E-state index contributed by atoms with van der Waals surface area (Å²) in [7, 11) is 1.88. The Bertz CT molecular complexity index is 311. The van der Waals surface area contributed by atoms with Gasteiger partial charge in [0, 0.05) is 25.7 Å². The molecule has 18 heavy (non-hydrogen) atoms. The van der Waals surface area contributed by atoms with Crippen LogP contribution in [0.4, 0.5) is 0 Å². The van der Waals surface area contributed by atoms with E-state index in [-0.39, 0.29) is 5.54 Å². The van der Waals surface area contributed by atoms with E-state index in [1.165, 1.54) is 39.0 Å². The fourth-order valence-corrected chi connectivity index (χ4v) is 3.15. The van der Waals surface area contributed by atoms with Gasteiger partial charge in [-0.05, 0) is 52.7 Å². The van der Waals surface area contributed by atoms with E-state index >= 15 is 0 Å². The second kappa shape index (κ2) is 6.01. The smallest absolute Gasteiger partial charge is 0.103 e. The Morgan fingerprint density at radius 2 is 2.22 bits per heavy atom. The molecule has 0 bridgehead atoms. The summed E-state index contributed by atoms with van der Waals surface area (Å²) in [5.74, 6) is 0. The summed E-state index contributed by atoms with van der Waals surface area (Å²) in [5.41, 5.74) is -0.352. The molecule has 0 aromatic heterocycles. The van der Waals surface area contributed by atoms with Crippen LogP contribution in [0.3, 0.4) is 0 Å². The quantitative estimate of drug-likeness (QED) is 0.792. The largest absolute Gasteiger partial charge is 0.303 e. The maximum atomic E-state index is 9.11. The van der Waals surface area contributed by atoms with Crippen molar-refractivity contribution in [2.75, 3.05) is 39.8 Å². The van der Waals surface area contributed by atoms with Crippen molar-refractivity contribution in [3.8, 4) is 6.07 Å². The van der Waals surface area contributed by atoms with E-state index in [0.29, 0.717) is 0 Å². The van der Waals surface area contributed by atoms with Crippen LogP contribution in [0, 0.1) is 11.3 Å². The molecule has 102 valence electrons. The molecule has 2 heterocycles. The third-order valence-corrected chi connectivity index (χ3v) is 4.62. The molecule has 4 nitrogen and oxygen atoms in total. The van der Waals surface area contributed by atoms with Crippen molar-refractivity contribution >= 4 is 0 Å². The summed E-state index contributed by atoms with van der Waals surface area (Å²) >= 11 is 0. The Balaban J connectivity index is 1.70. The average Bonchev–Trinajstić information content (AvgIpc) is 2.86. The van der Waals surface area contributed by atoms with Gasteiger partial charge >= 0.3 is 0 Å². The summed E-state index contributed by atoms with van der Waals surface area (Å²) in [6.45, 7) is 8.13. The highest BCUT2D eigenvalue weighted by atomic mass is 15.3. The highest BCUT2D eigenvalue weighted by molar-refractivity contribution is 5.02. The highest BCUT2D eigenvalue weighted by Crippen LogP contribution is 2.22. The molecule has 0 radical (unpaired) electrons. The third kappa shape index (κ3) is 3.23. The van der Waals surface area contributed by atoms with E-state index < -0.39 is 0 Å². The molecule has 2 aliphatic rings. The molecular weight excluding hydrogens is 224 g/mol. The Labute approximate surface area is 111 Å². The summed E-state index contributed by atoms with van der Waals surface area (Å²) in [6, 6.07) is 3.18. The topological polar surface area (TPSA) is 42.3 Å². The second-order valence-electron chi connectivity index (χ2n) is 5.93. The lowest BCUT2D eigenvalue weighted by Crippen LogP contribution is -2.50. The molecular formula is C14H26N4. The van der Waals surface area contributed by atoms with Gasteiger partial charge in [-0.15, -0.1) is 0 Å². The van der Waals surface area contributed by atoms with Crippen molar-refractivity contribution in [1.82, 2.24) is 15.1 Å². The van der Waals surface area contributed by atoms with Gasteiger partial charge in [0.25, 0.3) is 0 Å². The molecule has 1 N–H and O–H groups in total. The van der Waals surface area contributed by atoms with E-state index in [1.807, 2.05) is 14.0 Å². The van der Waals surface area contributed by atoms with Crippen molar-refractivity contribution in [1.29, 1.82) is 5.26 Å². The lowest BCUT2D eigenvalue weighted by atomic mass is 9.98. The molecule has 2 rings (SSSR count). The second-order valence-corrected chi connectivity index (χ2v) is 5.93. The predicted octanol–water partition coefficient (Wildman–Crippen LogP) is 1.05. The zero-order valence-corrected chi connectivity index (χ0v) is 11.8. The Morgan fingerprint density at radius 1 is 1.39 bits per heavy atom. The van der Waals surface area contributed by atoms with Gasteiger partial charge in [0.2, 0.25) is 0 Å². The Morgan fingerprint density at radius 3 is 2.94 bits per heavy atom. The molecule has 2 atom stereocenters. The standard InChI is InChI=1S/C14H26N4/c1-14(12-15,16-2)6-4-7-17-9-10-18-8-3-5-13(18)11-17/h13,16H,3-11H2,1-2H3. The van der Waals surface area contributed by atoms with E-state index in [0.717, 1.165) is 25.4 Å². The maximum Gasteiger partial charge on any atom is 0.103 e. The van der Waals surface area contributed by atoms with Gasteiger partial charge in [0.15, 0.2) is 0 Å². The van der Waals surface area contributed by atoms with Crippen LogP contribution in [0.1, 0.15) is 32.6 Å². The van der Waals surface area contributed by atoms with Crippen LogP contribution in [-0.2, 0) is 0 Å². The molecule has 0 saturated carbocycles. The fraction of sp³-hybridized carbons (Fsp3) is 0.929. The number of hydrogen-bond donors (Lipinski definition) is 1. The van der Waals surface area contributed by atoms with Crippen LogP contribution in [-0.4, -0.2) is 61.2 Å². The summed E-state index contributed by atoms with van der Waals surface area (Å²) in [4.78, 5) is 5.23. The van der Waals surface area contributed by atoms with Gasteiger partial charge in [0.05, 0.1) is 6.07 Å². The van der Waals surface area contributed by atoms with Crippen LogP contribution in [0.15, 0.2) is 0 Å². The molecule has 4 heteroatoms. The SMILES string of the molecule is CNC(C)(C#N)CCCN1CCN2CCCC2C1. The van der Waals surface area contributed by atoms with Gasteiger partial charge in [-0.25, -0.2) is 0 Å². The average molecular weight is 250 g/mol. The molecule has 2 fully saturated rings. The molecule has 0 aromatic carbocycles. The van der Waals surface area contributed by atoms with Crippen LogP contribution >= 0.6 is 0 Å². The van der Waals surface area contributed by atoms with Gasteiger partial charge in [-0.3, -0.25) is 4.90 Å². The van der Waals surface area contributed by atoms with Crippen molar-refractivity contribution in [3.63, 3.8) is 0 Å². The summed E-state index contributed by atoms with van der Waals surface area (Å²) < 4.78 is 0. The monoisotopic (exact) mass is 250 g/mol. The molecule has 2 aliphatic heterocycles. The lowest BCUT2D eigenvalue weighted by Gasteiger charge is -2.37. The number of nitrogens with zero attached hydrogens (tertiary/aromatic N) is 3. The van der Waals surface area contributed by atoms with Gasteiger partial charge in [-0.1, -0.05) is 0 Å². The first-order valence-corrected chi connectivity index (χ1v) is 7.23. The molecule has 2 unspecified atom stereocenters. The zero-order valence-electron chi connectivity index (χ0n) is 11.8. The Hall–Kier alpha value is -0.630. The minimum Gasteiger partial charge on any atom is -0.303 e. The Kier molecular flexibility index (Phi) is 4.60. The maximum absolute atomic E-state index is 9.11. The molecule has 2 saturated heterocycles. The molecule has 0 aromatic rings.